The highest BCUT2D eigenvalue weighted by Gasteiger charge is 2.08. The van der Waals surface area contributed by atoms with Gasteiger partial charge < -0.3 is 10.5 Å². The molecule has 3 nitrogen and oxygen atoms in total. The molecule has 2 aromatic carbocycles. The largest absolute Gasteiger partial charge is 0.497 e. The molecule has 0 fully saturated rings. The van der Waals surface area contributed by atoms with Crippen LogP contribution < -0.4 is 10.5 Å². The van der Waals surface area contributed by atoms with Gasteiger partial charge in [0, 0.05) is 11.4 Å². The SMILES string of the molecule is COc1ccc(S(=O)Cc2ccc(CN)cc2C)cc1. The Balaban J connectivity index is 2.14. The first kappa shape index (κ1) is 14.8. The molecule has 0 aliphatic carbocycles. The normalized spacial score (nSPS) is 12.2. The van der Waals surface area contributed by atoms with Gasteiger partial charge in [-0.1, -0.05) is 18.2 Å². The van der Waals surface area contributed by atoms with Gasteiger partial charge in [0.2, 0.25) is 0 Å². The summed E-state index contributed by atoms with van der Waals surface area (Å²) in [5.41, 5.74) is 8.94. The highest BCUT2D eigenvalue weighted by molar-refractivity contribution is 7.84. The van der Waals surface area contributed by atoms with E-state index in [9.17, 15) is 4.21 Å². The molecule has 0 bridgehead atoms. The number of rotatable bonds is 5. The van der Waals surface area contributed by atoms with E-state index in [-0.39, 0.29) is 0 Å². The Bertz CT molecular complexity index is 608. The number of hydrogen-bond acceptors (Lipinski definition) is 3. The molecule has 20 heavy (non-hydrogen) atoms. The predicted molar refractivity (Wildman–Crippen MR) is 82.2 cm³/mol. The average Bonchev–Trinajstić information content (AvgIpc) is 2.49. The molecule has 1 atom stereocenters. The molecule has 0 aliphatic heterocycles. The smallest absolute Gasteiger partial charge is 0.118 e. The minimum Gasteiger partial charge on any atom is -0.497 e. The van der Waals surface area contributed by atoms with Crippen molar-refractivity contribution < 1.29 is 8.95 Å². The molecule has 0 aromatic heterocycles. The number of nitrogens with two attached hydrogens (primary N) is 1. The van der Waals surface area contributed by atoms with E-state index >= 15 is 0 Å². The van der Waals surface area contributed by atoms with Crippen molar-refractivity contribution in [1.29, 1.82) is 0 Å². The number of ether oxygens (including phenoxy) is 1. The van der Waals surface area contributed by atoms with Gasteiger partial charge in [-0.2, -0.15) is 0 Å². The van der Waals surface area contributed by atoms with Crippen LogP contribution in [0.2, 0.25) is 0 Å². The zero-order chi connectivity index (χ0) is 14.5. The molecule has 0 radical (unpaired) electrons. The second-order valence-corrected chi connectivity index (χ2v) is 6.08. The van der Waals surface area contributed by atoms with Crippen LogP contribution in [0, 0.1) is 6.92 Å². The summed E-state index contributed by atoms with van der Waals surface area (Å²) >= 11 is 0. The average molecular weight is 289 g/mol. The van der Waals surface area contributed by atoms with E-state index in [0.29, 0.717) is 12.3 Å². The highest BCUT2D eigenvalue weighted by atomic mass is 32.2. The summed E-state index contributed by atoms with van der Waals surface area (Å²) in [5, 5.41) is 0. The predicted octanol–water partition coefficient (Wildman–Crippen LogP) is 2.77. The summed E-state index contributed by atoms with van der Waals surface area (Å²) in [4.78, 5) is 0.813. The Morgan fingerprint density at radius 2 is 1.85 bits per heavy atom. The molecule has 106 valence electrons. The standard InChI is InChI=1S/C16H19NO2S/c1-12-9-13(10-17)3-4-14(12)11-20(18)16-7-5-15(19-2)6-8-16/h3-9H,10-11,17H2,1-2H3. The van der Waals surface area contributed by atoms with Crippen molar-refractivity contribution in [2.75, 3.05) is 7.11 Å². The van der Waals surface area contributed by atoms with Gasteiger partial charge in [-0.25, -0.2) is 0 Å². The van der Waals surface area contributed by atoms with Gasteiger partial charge in [0.1, 0.15) is 5.75 Å². The van der Waals surface area contributed by atoms with Crippen molar-refractivity contribution in [1.82, 2.24) is 0 Å². The first-order valence-electron chi connectivity index (χ1n) is 6.45. The molecule has 0 saturated carbocycles. The third-order valence-electron chi connectivity index (χ3n) is 3.25. The van der Waals surface area contributed by atoms with E-state index in [2.05, 4.69) is 6.07 Å². The van der Waals surface area contributed by atoms with E-state index in [1.54, 1.807) is 7.11 Å². The Hall–Kier alpha value is -1.65. The van der Waals surface area contributed by atoms with Gasteiger partial charge in [-0.3, -0.25) is 4.21 Å². The second kappa shape index (κ2) is 6.68. The van der Waals surface area contributed by atoms with Crippen molar-refractivity contribution in [3.8, 4) is 5.75 Å². The molecule has 2 aromatic rings. The van der Waals surface area contributed by atoms with Crippen molar-refractivity contribution >= 4 is 10.8 Å². The minimum atomic E-state index is -1.05. The van der Waals surface area contributed by atoms with E-state index in [1.165, 1.54) is 0 Å². The summed E-state index contributed by atoms with van der Waals surface area (Å²) in [7, 11) is 0.569. The fourth-order valence-electron chi connectivity index (χ4n) is 2.00. The zero-order valence-corrected chi connectivity index (χ0v) is 12.6. The maximum Gasteiger partial charge on any atom is 0.118 e. The molecule has 0 heterocycles. The van der Waals surface area contributed by atoms with E-state index in [4.69, 9.17) is 10.5 Å². The molecule has 0 aliphatic rings. The van der Waals surface area contributed by atoms with Gasteiger partial charge in [0.25, 0.3) is 0 Å². The van der Waals surface area contributed by atoms with E-state index in [1.807, 2.05) is 43.3 Å². The van der Waals surface area contributed by atoms with Gasteiger partial charge in [0.05, 0.1) is 23.7 Å². The lowest BCUT2D eigenvalue weighted by Gasteiger charge is -2.08. The number of benzene rings is 2. The van der Waals surface area contributed by atoms with E-state index < -0.39 is 10.8 Å². The number of hydrogen-bond donors (Lipinski definition) is 1. The molecule has 0 spiro atoms. The topological polar surface area (TPSA) is 52.3 Å². The van der Waals surface area contributed by atoms with Crippen LogP contribution in [-0.2, 0) is 23.1 Å². The Labute approximate surface area is 122 Å². The van der Waals surface area contributed by atoms with Gasteiger partial charge in [-0.15, -0.1) is 0 Å². The third kappa shape index (κ3) is 3.46. The second-order valence-electron chi connectivity index (χ2n) is 4.63. The molecular weight excluding hydrogens is 270 g/mol. The molecule has 0 saturated heterocycles. The third-order valence-corrected chi connectivity index (χ3v) is 4.62. The van der Waals surface area contributed by atoms with Crippen LogP contribution in [0.25, 0.3) is 0 Å². The van der Waals surface area contributed by atoms with Crippen LogP contribution in [0.15, 0.2) is 47.4 Å². The van der Waals surface area contributed by atoms with Crippen molar-refractivity contribution in [2.24, 2.45) is 5.73 Å². The Kier molecular flexibility index (Phi) is 4.93. The quantitative estimate of drug-likeness (QED) is 0.921. The molecule has 0 amide bonds. The zero-order valence-electron chi connectivity index (χ0n) is 11.8. The Morgan fingerprint density at radius 3 is 2.40 bits per heavy atom. The Morgan fingerprint density at radius 1 is 1.15 bits per heavy atom. The summed E-state index contributed by atoms with van der Waals surface area (Å²) in [6.07, 6.45) is 0. The first-order chi connectivity index (χ1) is 9.63. The van der Waals surface area contributed by atoms with Crippen LogP contribution in [0.3, 0.4) is 0 Å². The van der Waals surface area contributed by atoms with Crippen LogP contribution in [0.1, 0.15) is 16.7 Å². The lowest BCUT2D eigenvalue weighted by atomic mass is 10.1. The van der Waals surface area contributed by atoms with Crippen LogP contribution in [0.5, 0.6) is 5.75 Å². The fraction of sp³-hybridized carbons (Fsp3) is 0.250. The molecule has 2 rings (SSSR count). The number of methoxy groups -OCH3 is 1. The lowest BCUT2D eigenvalue weighted by molar-refractivity contribution is 0.414. The van der Waals surface area contributed by atoms with Crippen LogP contribution in [0.4, 0.5) is 0 Å². The molecule has 1 unspecified atom stereocenters. The van der Waals surface area contributed by atoms with Crippen LogP contribution in [-0.4, -0.2) is 11.3 Å². The summed E-state index contributed by atoms with van der Waals surface area (Å²) in [5.74, 6) is 1.29. The summed E-state index contributed by atoms with van der Waals surface area (Å²) in [6.45, 7) is 2.56. The van der Waals surface area contributed by atoms with E-state index in [0.717, 1.165) is 27.3 Å². The van der Waals surface area contributed by atoms with Crippen molar-refractivity contribution in [3.05, 3.63) is 59.2 Å². The number of aryl methyl sites for hydroxylation is 1. The summed E-state index contributed by atoms with van der Waals surface area (Å²) in [6, 6.07) is 13.4. The molecular formula is C16H19NO2S. The van der Waals surface area contributed by atoms with Gasteiger partial charge in [0.15, 0.2) is 0 Å². The van der Waals surface area contributed by atoms with Crippen molar-refractivity contribution in [3.63, 3.8) is 0 Å². The maximum atomic E-state index is 12.4. The minimum absolute atomic E-state index is 0.517. The van der Waals surface area contributed by atoms with Gasteiger partial charge in [-0.05, 0) is 47.9 Å². The van der Waals surface area contributed by atoms with Gasteiger partial charge >= 0.3 is 0 Å². The van der Waals surface area contributed by atoms with Crippen LogP contribution >= 0.6 is 0 Å². The monoisotopic (exact) mass is 289 g/mol. The first-order valence-corrected chi connectivity index (χ1v) is 7.77. The lowest BCUT2D eigenvalue weighted by Crippen LogP contribution is -2.01. The highest BCUT2D eigenvalue weighted by Crippen LogP contribution is 2.19. The molecule has 2 N–H and O–H groups in total. The maximum absolute atomic E-state index is 12.4. The van der Waals surface area contributed by atoms with Crippen molar-refractivity contribution in [2.45, 2.75) is 24.1 Å². The molecule has 4 heteroatoms. The fourth-order valence-corrected chi connectivity index (χ4v) is 3.21. The summed E-state index contributed by atoms with van der Waals surface area (Å²) < 4.78 is 17.5.